The van der Waals surface area contributed by atoms with Crippen LogP contribution in [-0.4, -0.2) is 33.1 Å². The predicted octanol–water partition coefficient (Wildman–Crippen LogP) is 1.91. The number of amides is 1. The molecule has 5 heteroatoms. The molecule has 1 aromatic carbocycles. The third kappa shape index (κ3) is 3.11. The van der Waals surface area contributed by atoms with Gasteiger partial charge in [0.05, 0.1) is 16.6 Å². The minimum Gasteiger partial charge on any atom is -0.388 e. The molecule has 0 bridgehead atoms. The summed E-state index contributed by atoms with van der Waals surface area (Å²) in [6, 6.07) is 5.18. The van der Waals surface area contributed by atoms with Gasteiger partial charge in [-0.05, 0) is 31.0 Å². The van der Waals surface area contributed by atoms with Gasteiger partial charge in [-0.25, -0.2) is 0 Å². The SMILES string of the molecule is CCC(O)(CC)CNC(=O)c1ccc2nccnc2c1. The van der Waals surface area contributed by atoms with Crippen LogP contribution in [0.15, 0.2) is 30.6 Å². The first-order valence-corrected chi connectivity index (χ1v) is 6.79. The number of aromatic nitrogens is 2. The summed E-state index contributed by atoms with van der Waals surface area (Å²) < 4.78 is 0. The topological polar surface area (TPSA) is 75.1 Å². The Morgan fingerprint density at radius 3 is 2.50 bits per heavy atom. The minimum atomic E-state index is -0.841. The predicted molar refractivity (Wildman–Crippen MR) is 77.4 cm³/mol. The van der Waals surface area contributed by atoms with E-state index in [1.807, 2.05) is 13.8 Å². The van der Waals surface area contributed by atoms with Crippen LogP contribution in [-0.2, 0) is 0 Å². The van der Waals surface area contributed by atoms with Crippen LogP contribution in [0.4, 0.5) is 0 Å². The second-order valence-corrected chi connectivity index (χ2v) is 4.87. The molecule has 2 aromatic rings. The third-order valence-electron chi connectivity index (χ3n) is 3.63. The van der Waals surface area contributed by atoms with Crippen molar-refractivity contribution in [2.24, 2.45) is 0 Å². The summed E-state index contributed by atoms with van der Waals surface area (Å²) in [4.78, 5) is 20.4. The summed E-state index contributed by atoms with van der Waals surface area (Å²) >= 11 is 0. The third-order valence-corrected chi connectivity index (χ3v) is 3.63. The van der Waals surface area contributed by atoms with Gasteiger partial charge in [-0.3, -0.25) is 14.8 Å². The molecular formula is C15H19N3O2. The second-order valence-electron chi connectivity index (χ2n) is 4.87. The molecule has 0 radical (unpaired) electrons. The first-order chi connectivity index (χ1) is 9.58. The Bertz CT molecular complexity index is 609. The molecular weight excluding hydrogens is 254 g/mol. The average molecular weight is 273 g/mol. The van der Waals surface area contributed by atoms with E-state index >= 15 is 0 Å². The molecule has 0 fully saturated rings. The molecule has 0 aliphatic heterocycles. The van der Waals surface area contributed by atoms with Gasteiger partial charge in [0, 0.05) is 24.5 Å². The van der Waals surface area contributed by atoms with Gasteiger partial charge in [0.15, 0.2) is 0 Å². The monoisotopic (exact) mass is 273 g/mol. The molecule has 1 heterocycles. The molecule has 20 heavy (non-hydrogen) atoms. The van der Waals surface area contributed by atoms with E-state index in [0.29, 0.717) is 23.9 Å². The van der Waals surface area contributed by atoms with Crippen LogP contribution in [0.5, 0.6) is 0 Å². The van der Waals surface area contributed by atoms with Crippen molar-refractivity contribution in [3.63, 3.8) is 0 Å². The zero-order chi connectivity index (χ0) is 14.6. The van der Waals surface area contributed by atoms with Crippen LogP contribution in [0.3, 0.4) is 0 Å². The van der Waals surface area contributed by atoms with Crippen LogP contribution >= 0.6 is 0 Å². The van der Waals surface area contributed by atoms with Crippen LogP contribution < -0.4 is 5.32 Å². The van der Waals surface area contributed by atoms with E-state index in [-0.39, 0.29) is 12.5 Å². The molecule has 106 valence electrons. The quantitative estimate of drug-likeness (QED) is 0.872. The number of benzene rings is 1. The number of hydrogen-bond donors (Lipinski definition) is 2. The molecule has 2 N–H and O–H groups in total. The number of carbonyl (C=O) groups excluding carboxylic acids is 1. The van der Waals surface area contributed by atoms with Crippen LogP contribution in [0, 0.1) is 0 Å². The number of nitrogens with zero attached hydrogens (tertiary/aromatic N) is 2. The van der Waals surface area contributed by atoms with Gasteiger partial charge in [0.1, 0.15) is 0 Å². The Morgan fingerprint density at radius 1 is 1.20 bits per heavy atom. The number of carbonyl (C=O) groups is 1. The van der Waals surface area contributed by atoms with Gasteiger partial charge in [-0.1, -0.05) is 13.8 Å². The highest BCUT2D eigenvalue weighted by Crippen LogP contribution is 2.14. The Morgan fingerprint density at radius 2 is 1.85 bits per heavy atom. The van der Waals surface area contributed by atoms with E-state index < -0.39 is 5.60 Å². The summed E-state index contributed by atoms with van der Waals surface area (Å²) in [6.07, 6.45) is 4.42. The molecule has 0 unspecified atom stereocenters. The summed E-state index contributed by atoms with van der Waals surface area (Å²) in [5, 5.41) is 12.9. The van der Waals surface area contributed by atoms with Crippen molar-refractivity contribution in [3.8, 4) is 0 Å². The molecule has 1 amide bonds. The lowest BCUT2D eigenvalue weighted by molar-refractivity contribution is 0.0314. The Hall–Kier alpha value is -2.01. The van der Waals surface area contributed by atoms with Crippen molar-refractivity contribution in [1.29, 1.82) is 0 Å². The second kappa shape index (κ2) is 5.96. The van der Waals surface area contributed by atoms with Crippen LogP contribution in [0.2, 0.25) is 0 Å². The maximum absolute atomic E-state index is 12.1. The Balaban J connectivity index is 2.11. The normalized spacial score (nSPS) is 11.6. The molecule has 0 spiro atoms. The van der Waals surface area contributed by atoms with E-state index in [0.717, 1.165) is 5.52 Å². The van der Waals surface area contributed by atoms with Crippen LogP contribution in [0.25, 0.3) is 11.0 Å². The molecule has 0 saturated carbocycles. The van der Waals surface area contributed by atoms with E-state index in [9.17, 15) is 9.90 Å². The molecule has 0 aliphatic rings. The van der Waals surface area contributed by atoms with Crippen molar-refractivity contribution >= 4 is 16.9 Å². The highest BCUT2D eigenvalue weighted by atomic mass is 16.3. The summed E-state index contributed by atoms with van der Waals surface area (Å²) in [5.74, 6) is -0.210. The zero-order valence-electron chi connectivity index (χ0n) is 11.8. The van der Waals surface area contributed by atoms with Gasteiger partial charge < -0.3 is 10.4 Å². The van der Waals surface area contributed by atoms with Gasteiger partial charge in [0.2, 0.25) is 0 Å². The van der Waals surface area contributed by atoms with E-state index in [1.165, 1.54) is 0 Å². The summed E-state index contributed by atoms with van der Waals surface area (Å²) in [5.41, 5.74) is 1.11. The maximum atomic E-state index is 12.1. The average Bonchev–Trinajstić information content (AvgIpc) is 2.51. The lowest BCUT2D eigenvalue weighted by atomic mass is 9.97. The molecule has 1 aromatic heterocycles. The van der Waals surface area contributed by atoms with Crippen molar-refractivity contribution in [2.75, 3.05) is 6.54 Å². The zero-order valence-corrected chi connectivity index (χ0v) is 11.8. The molecule has 0 saturated heterocycles. The fraction of sp³-hybridized carbons (Fsp3) is 0.400. The fourth-order valence-corrected chi connectivity index (χ4v) is 1.95. The van der Waals surface area contributed by atoms with Crippen molar-refractivity contribution in [3.05, 3.63) is 36.2 Å². The van der Waals surface area contributed by atoms with E-state index in [1.54, 1.807) is 30.6 Å². The summed E-state index contributed by atoms with van der Waals surface area (Å²) in [6.45, 7) is 4.06. The van der Waals surface area contributed by atoms with Gasteiger partial charge >= 0.3 is 0 Å². The first-order valence-electron chi connectivity index (χ1n) is 6.79. The number of nitrogens with one attached hydrogen (secondary N) is 1. The largest absolute Gasteiger partial charge is 0.388 e. The van der Waals surface area contributed by atoms with Crippen LogP contribution in [0.1, 0.15) is 37.0 Å². The standard InChI is InChI=1S/C15H19N3O2/c1-3-15(20,4-2)10-18-14(19)11-5-6-12-13(9-11)17-8-7-16-12/h5-9,20H,3-4,10H2,1-2H3,(H,18,19). The van der Waals surface area contributed by atoms with Crippen molar-refractivity contribution in [1.82, 2.24) is 15.3 Å². The first kappa shape index (κ1) is 14.4. The molecule has 5 nitrogen and oxygen atoms in total. The molecule has 2 rings (SSSR count). The van der Waals surface area contributed by atoms with Gasteiger partial charge in [-0.2, -0.15) is 0 Å². The number of rotatable bonds is 5. The van der Waals surface area contributed by atoms with E-state index in [2.05, 4.69) is 15.3 Å². The van der Waals surface area contributed by atoms with Gasteiger partial charge in [0.25, 0.3) is 5.91 Å². The fourth-order valence-electron chi connectivity index (χ4n) is 1.95. The van der Waals surface area contributed by atoms with Crippen molar-refractivity contribution < 1.29 is 9.90 Å². The smallest absolute Gasteiger partial charge is 0.251 e. The van der Waals surface area contributed by atoms with Crippen molar-refractivity contribution in [2.45, 2.75) is 32.3 Å². The lowest BCUT2D eigenvalue weighted by Crippen LogP contribution is -2.42. The maximum Gasteiger partial charge on any atom is 0.251 e. The lowest BCUT2D eigenvalue weighted by Gasteiger charge is -2.25. The number of fused-ring (bicyclic) bond motifs is 1. The molecule has 0 atom stereocenters. The Labute approximate surface area is 118 Å². The number of hydrogen-bond acceptors (Lipinski definition) is 4. The highest BCUT2D eigenvalue weighted by Gasteiger charge is 2.23. The Kier molecular flexibility index (Phi) is 4.29. The molecule has 0 aliphatic carbocycles. The number of aliphatic hydroxyl groups is 1. The summed E-state index contributed by atoms with van der Waals surface area (Å²) in [7, 11) is 0. The van der Waals surface area contributed by atoms with E-state index in [4.69, 9.17) is 0 Å². The van der Waals surface area contributed by atoms with Gasteiger partial charge in [-0.15, -0.1) is 0 Å². The minimum absolute atomic E-state index is 0.210. The highest BCUT2D eigenvalue weighted by molar-refractivity contribution is 5.97.